The average Bonchev–Trinajstić information content (AvgIpc) is 2.62. The van der Waals surface area contributed by atoms with Crippen molar-refractivity contribution in [3.05, 3.63) is 0 Å². The minimum Gasteiger partial charge on any atom is -0.444 e. The smallest absolute Gasteiger partial charge is 0.410 e. The second-order valence-electron chi connectivity index (χ2n) is 6.94. The minimum atomic E-state index is -0.487. The van der Waals surface area contributed by atoms with Gasteiger partial charge in [0.1, 0.15) is 5.60 Å². The molecule has 3 amide bonds. The molecule has 0 bridgehead atoms. The van der Waals surface area contributed by atoms with Crippen LogP contribution < -0.4 is 0 Å². The zero-order chi connectivity index (χ0) is 15.8. The summed E-state index contributed by atoms with van der Waals surface area (Å²) in [5.74, 6) is 0. The summed E-state index contributed by atoms with van der Waals surface area (Å²) in [6, 6.07) is 0.379. The molecule has 0 spiro atoms. The van der Waals surface area contributed by atoms with E-state index >= 15 is 0 Å². The number of carbonyl (C=O) groups is 2. The topological polar surface area (TPSA) is 53.1 Å². The third-order valence-corrected chi connectivity index (χ3v) is 4.11. The van der Waals surface area contributed by atoms with Crippen molar-refractivity contribution in [1.29, 1.82) is 0 Å². The van der Waals surface area contributed by atoms with Crippen LogP contribution in [0.4, 0.5) is 9.59 Å². The summed E-state index contributed by atoms with van der Waals surface area (Å²) in [5.41, 5.74) is -0.487. The number of likely N-dealkylation sites (tertiary alicyclic amines) is 1. The molecule has 0 saturated carbocycles. The molecule has 0 aromatic rings. The highest BCUT2D eigenvalue weighted by Crippen LogP contribution is 2.29. The van der Waals surface area contributed by atoms with Crippen LogP contribution in [0.3, 0.4) is 0 Å². The van der Waals surface area contributed by atoms with Crippen LogP contribution in [0.1, 0.15) is 40.5 Å². The molecule has 2 aliphatic heterocycles. The number of ether oxygens (including phenoxy) is 1. The predicted octanol–water partition coefficient (Wildman–Crippen LogP) is 2.14. The summed E-state index contributed by atoms with van der Waals surface area (Å²) in [4.78, 5) is 29.9. The van der Waals surface area contributed by atoms with Crippen LogP contribution in [0, 0.1) is 0 Å². The third-order valence-electron chi connectivity index (χ3n) is 4.11. The van der Waals surface area contributed by atoms with Gasteiger partial charge in [-0.25, -0.2) is 9.59 Å². The molecular weight excluding hydrogens is 270 g/mol. The van der Waals surface area contributed by atoms with Crippen molar-refractivity contribution < 1.29 is 14.3 Å². The molecular formula is C15H27N3O3. The molecule has 2 atom stereocenters. The van der Waals surface area contributed by atoms with Gasteiger partial charge in [0.05, 0.1) is 12.1 Å². The number of piperidine rings is 1. The fourth-order valence-corrected chi connectivity index (χ4v) is 3.14. The summed E-state index contributed by atoms with van der Waals surface area (Å²) in [6.45, 7) is 9.68. The number of rotatable bonds is 2. The lowest BCUT2D eigenvalue weighted by atomic mass is 9.99. The van der Waals surface area contributed by atoms with E-state index in [1.165, 1.54) is 0 Å². The molecule has 2 fully saturated rings. The number of hydrogen-bond donors (Lipinski definition) is 0. The molecule has 2 saturated heterocycles. The van der Waals surface area contributed by atoms with Crippen molar-refractivity contribution in [2.75, 3.05) is 26.7 Å². The normalized spacial score (nSPS) is 26.1. The molecule has 6 nitrogen and oxygen atoms in total. The first-order valence-corrected chi connectivity index (χ1v) is 7.76. The Morgan fingerprint density at radius 2 is 2.00 bits per heavy atom. The van der Waals surface area contributed by atoms with E-state index < -0.39 is 5.60 Å². The van der Waals surface area contributed by atoms with Crippen LogP contribution >= 0.6 is 0 Å². The Morgan fingerprint density at radius 3 is 2.57 bits per heavy atom. The highest BCUT2D eigenvalue weighted by molar-refractivity contribution is 5.78. The molecule has 21 heavy (non-hydrogen) atoms. The number of urea groups is 1. The van der Waals surface area contributed by atoms with Gasteiger partial charge < -0.3 is 19.4 Å². The van der Waals surface area contributed by atoms with Gasteiger partial charge in [0.25, 0.3) is 0 Å². The Labute approximate surface area is 127 Å². The third kappa shape index (κ3) is 3.24. The molecule has 2 heterocycles. The summed E-state index contributed by atoms with van der Waals surface area (Å²) >= 11 is 0. The molecule has 0 aromatic carbocycles. The molecule has 2 aliphatic rings. The molecule has 2 rings (SSSR count). The Hall–Kier alpha value is -1.46. The van der Waals surface area contributed by atoms with Gasteiger partial charge in [0.2, 0.25) is 0 Å². The number of hydrogen-bond acceptors (Lipinski definition) is 3. The van der Waals surface area contributed by atoms with E-state index in [1.54, 1.807) is 9.80 Å². The Balaban J connectivity index is 2.04. The highest BCUT2D eigenvalue weighted by Gasteiger charge is 2.47. The van der Waals surface area contributed by atoms with Crippen molar-refractivity contribution in [3.63, 3.8) is 0 Å². The van der Waals surface area contributed by atoms with Gasteiger partial charge in [0.15, 0.2) is 0 Å². The summed E-state index contributed by atoms with van der Waals surface area (Å²) in [6.07, 6.45) is 1.49. The van der Waals surface area contributed by atoms with Crippen molar-refractivity contribution in [2.45, 2.75) is 58.2 Å². The Bertz CT molecular complexity index is 419. The number of nitrogens with zero attached hydrogens (tertiary/aromatic N) is 3. The molecule has 0 unspecified atom stereocenters. The molecule has 0 aliphatic carbocycles. The first-order valence-electron chi connectivity index (χ1n) is 7.76. The molecule has 0 radical (unpaired) electrons. The zero-order valence-corrected chi connectivity index (χ0v) is 13.8. The van der Waals surface area contributed by atoms with Crippen LogP contribution in [0.15, 0.2) is 0 Å². The molecule has 120 valence electrons. The van der Waals surface area contributed by atoms with E-state index in [0.717, 1.165) is 19.4 Å². The SMILES string of the molecule is CCCN1C(=O)N(C)[C@H]2CN(C(=O)OC(C)(C)C)CC[C@H]21. The Kier molecular flexibility index (Phi) is 4.35. The van der Waals surface area contributed by atoms with Gasteiger partial charge in [-0.1, -0.05) is 6.92 Å². The number of carbonyl (C=O) groups excluding carboxylic acids is 2. The van der Waals surface area contributed by atoms with Crippen LogP contribution in [0.2, 0.25) is 0 Å². The first-order chi connectivity index (χ1) is 9.74. The second kappa shape index (κ2) is 5.73. The molecule has 6 heteroatoms. The first kappa shape index (κ1) is 15.9. The van der Waals surface area contributed by atoms with Gasteiger partial charge in [-0.3, -0.25) is 0 Å². The quantitative estimate of drug-likeness (QED) is 0.784. The van der Waals surface area contributed by atoms with E-state index in [9.17, 15) is 9.59 Å². The maximum Gasteiger partial charge on any atom is 0.410 e. The lowest BCUT2D eigenvalue weighted by Crippen LogP contribution is -2.54. The van der Waals surface area contributed by atoms with Crippen molar-refractivity contribution in [2.24, 2.45) is 0 Å². The maximum atomic E-state index is 12.3. The van der Waals surface area contributed by atoms with E-state index in [2.05, 4.69) is 6.92 Å². The molecule has 0 N–H and O–H groups in total. The van der Waals surface area contributed by atoms with Gasteiger partial charge in [0, 0.05) is 26.7 Å². The van der Waals surface area contributed by atoms with Crippen LogP contribution in [0.5, 0.6) is 0 Å². The molecule has 0 aromatic heterocycles. The largest absolute Gasteiger partial charge is 0.444 e. The van der Waals surface area contributed by atoms with E-state index in [-0.39, 0.29) is 24.2 Å². The van der Waals surface area contributed by atoms with Crippen LogP contribution in [0.25, 0.3) is 0 Å². The van der Waals surface area contributed by atoms with Gasteiger partial charge in [-0.2, -0.15) is 0 Å². The van der Waals surface area contributed by atoms with Gasteiger partial charge >= 0.3 is 12.1 Å². The summed E-state index contributed by atoms with van der Waals surface area (Å²) in [5, 5.41) is 0. The number of amides is 3. The lowest BCUT2D eigenvalue weighted by molar-refractivity contribution is 0.0127. The zero-order valence-electron chi connectivity index (χ0n) is 13.8. The fraction of sp³-hybridized carbons (Fsp3) is 0.867. The predicted molar refractivity (Wildman–Crippen MR) is 80.2 cm³/mol. The van der Waals surface area contributed by atoms with Crippen molar-refractivity contribution in [1.82, 2.24) is 14.7 Å². The van der Waals surface area contributed by atoms with E-state index in [4.69, 9.17) is 4.74 Å². The van der Waals surface area contributed by atoms with Crippen molar-refractivity contribution >= 4 is 12.1 Å². The monoisotopic (exact) mass is 297 g/mol. The number of fused-ring (bicyclic) bond motifs is 1. The highest BCUT2D eigenvalue weighted by atomic mass is 16.6. The minimum absolute atomic E-state index is 0.0744. The standard InChI is InChI=1S/C15H27N3O3/c1-6-8-18-11-7-9-17(14(20)21-15(2,3)4)10-12(11)16(5)13(18)19/h11-12H,6-10H2,1-5H3/t11-,12+/m1/s1. The van der Waals surface area contributed by atoms with E-state index in [0.29, 0.717) is 13.1 Å². The second-order valence-corrected chi connectivity index (χ2v) is 6.94. The Morgan fingerprint density at radius 1 is 1.33 bits per heavy atom. The summed E-state index contributed by atoms with van der Waals surface area (Å²) in [7, 11) is 1.83. The van der Waals surface area contributed by atoms with Crippen LogP contribution in [-0.2, 0) is 4.74 Å². The summed E-state index contributed by atoms with van der Waals surface area (Å²) < 4.78 is 5.43. The lowest BCUT2D eigenvalue weighted by Gasteiger charge is -2.38. The average molecular weight is 297 g/mol. The van der Waals surface area contributed by atoms with Crippen LogP contribution in [-0.4, -0.2) is 71.2 Å². The number of likely N-dealkylation sites (N-methyl/N-ethyl adjacent to an activating group) is 1. The van der Waals surface area contributed by atoms with E-state index in [1.807, 2.05) is 32.7 Å². The van der Waals surface area contributed by atoms with Crippen molar-refractivity contribution in [3.8, 4) is 0 Å². The maximum absolute atomic E-state index is 12.3. The fourth-order valence-electron chi connectivity index (χ4n) is 3.14. The van der Waals surface area contributed by atoms with Gasteiger partial charge in [-0.15, -0.1) is 0 Å². The van der Waals surface area contributed by atoms with Gasteiger partial charge in [-0.05, 0) is 33.6 Å².